The van der Waals surface area contributed by atoms with Crippen LogP contribution >= 0.6 is 0 Å². The number of nitrogens with two attached hydrogens (primary N) is 3. The molecule has 0 spiro atoms. The summed E-state index contributed by atoms with van der Waals surface area (Å²) >= 11 is 0. The summed E-state index contributed by atoms with van der Waals surface area (Å²) in [6.45, 7) is 4.56. The van der Waals surface area contributed by atoms with Gasteiger partial charge in [-0.15, -0.1) is 0 Å². The topological polar surface area (TPSA) is 222 Å². The van der Waals surface area contributed by atoms with Crippen LogP contribution in [0, 0.1) is 5.92 Å². The van der Waals surface area contributed by atoms with E-state index in [2.05, 4.69) is 20.6 Å². The smallest absolute Gasteiger partial charge is 0.326 e. The first-order valence-electron chi connectivity index (χ1n) is 14.0. The Morgan fingerprint density at radius 1 is 1.15 bits per heavy atom. The number of benzene rings is 1. The van der Waals surface area contributed by atoms with Crippen LogP contribution in [0.2, 0.25) is 0 Å². The number of aliphatic imine (C=N–C) groups is 1. The van der Waals surface area contributed by atoms with E-state index in [0.717, 1.165) is 16.5 Å². The van der Waals surface area contributed by atoms with Gasteiger partial charge in [0.05, 0.1) is 6.04 Å². The van der Waals surface area contributed by atoms with Crippen LogP contribution in [-0.2, 0) is 25.6 Å². The predicted octanol–water partition coefficient (Wildman–Crippen LogP) is 0.183. The minimum absolute atomic E-state index is 0.0875. The molecule has 3 amide bonds. The summed E-state index contributed by atoms with van der Waals surface area (Å²) in [5.74, 6) is -2.52. The molecule has 224 valence electrons. The van der Waals surface area contributed by atoms with Gasteiger partial charge >= 0.3 is 5.97 Å². The summed E-state index contributed by atoms with van der Waals surface area (Å²) in [7, 11) is 0. The van der Waals surface area contributed by atoms with Crippen molar-refractivity contribution in [1.29, 1.82) is 0 Å². The van der Waals surface area contributed by atoms with Gasteiger partial charge in [0.2, 0.25) is 17.7 Å². The van der Waals surface area contributed by atoms with E-state index < -0.39 is 42.0 Å². The molecule has 1 aliphatic heterocycles. The fraction of sp³-hybridized carbons (Fsp3) is 0.536. The van der Waals surface area contributed by atoms with Crippen LogP contribution in [-0.4, -0.2) is 81.9 Å². The first-order valence-corrected chi connectivity index (χ1v) is 14.0. The molecule has 2 aromatic rings. The van der Waals surface area contributed by atoms with Gasteiger partial charge in [-0.1, -0.05) is 32.0 Å². The van der Waals surface area contributed by atoms with E-state index in [1.54, 1.807) is 6.20 Å². The van der Waals surface area contributed by atoms with E-state index in [-0.39, 0.29) is 37.2 Å². The molecule has 1 aromatic carbocycles. The van der Waals surface area contributed by atoms with Gasteiger partial charge in [0.1, 0.15) is 18.1 Å². The second-order valence-electron chi connectivity index (χ2n) is 10.9. The predicted molar refractivity (Wildman–Crippen MR) is 156 cm³/mol. The van der Waals surface area contributed by atoms with Gasteiger partial charge in [-0.25, -0.2) is 4.79 Å². The molecule has 0 radical (unpaired) electrons. The standard InChI is InChI=1S/C28H42N8O5/c1-16(2)13-19(29)26(39)36-12-6-10-23(36)25(38)35-22(14-17-15-33-20-8-4-3-7-18(17)20)24(37)34-21(27(40)41)9-5-11-32-28(30)31/h3-4,7-8,15-16,19,21-23,33H,5-6,9-14,29H2,1-2H3,(H,34,37)(H,35,38)(H,40,41)(H4,30,31,32). The fourth-order valence-corrected chi connectivity index (χ4v) is 5.16. The van der Waals surface area contributed by atoms with E-state index in [4.69, 9.17) is 17.2 Å². The average molecular weight is 571 g/mol. The number of amides is 3. The highest BCUT2D eigenvalue weighted by molar-refractivity contribution is 5.95. The molecule has 10 N–H and O–H groups in total. The summed E-state index contributed by atoms with van der Waals surface area (Å²) in [4.78, 5) is 60.5. The Balaban J connectivity index is 1.79. The number of likely N-dealkylation sites (tertiary alicyclic amines) is 1. The van der Waals surface area contributed by atoms with Gasteiger partial charge in [0.15, 0.2) is 5.96 Å². The number of aromatic nitrogens is 1. The van der Waals surface area contributed by atoms with Crippen LogP contribution in [0.5, 0.6) is 0 Å². The van der Waals surface area contributed by atoms with Gasteiger partial charge in [-0.3, -0.25) is 19.4 Å². The molecule has 3 rings (SSSR count). The molecule has 0 bridgehead atoms. The van der Waals surface area contributed by atoms with Crippen LogP contribution in [0.15, 0.2) is 35.5 Å². The molecule has 1 saturated heterocycles. The average Bonchev–Trinajstić information content (AvgIpc) is 3.56. The van der Waals surface area contributed by atoms with E-state index in [0.29, 0.717) is 32.2 Å². The summed E-state index contributed by atoms with van der Waals surface area (Å²) in [5, 5.41) is 16.0. The zero-order valence-corrected chi connectivity index (χ0v) is 23.6. The van der Waals surface area contributed by atoms with Crippen molar-refractivity contribution in [2.24, 2.45) is 28.1 Å². The highest BCUT2D eigenvalue weighted by Gasteiger charge is 2.38. The molecule has 1 aromatic heterocycles. The molecule has 0 aliphatic carbocycles. The number of aliphatic carboxylic acids is 1. The molecule has 41 heavy (non-hydrogen) atoms. The van der Waals surface area contributed by atoms with Crippen molar-refractivity contribution in [3.63, 3.8) is 0 Å². The van der Waals surface area contributed by atoms with Crippen molar-refractivity contribution in [1.82, 2.24) is 20.5 Å². The van der Waals surface area contributed by atoms with E-state index in [1.165, 1.54) is 4.90 Å². The molecule has 1 aliphatic rings. The molecule has 13 nitrogen and oxygen atoms in total. The van der Waals surface area contributed by atoms with Crippen molar-refractivity contribution >= 4 is 40.6 Å². The largest absolute Gasteiger partial charge is 0.480 e. The maximum Gasteiger partial charge on any atom is 0.326 e. The molecular formula is C28H42N8O5. The number of carbonyl (C=O) groups excluding carboxylic acids is 3. The zero-order chi connectivity index (χ0) is 30.1. The molecule has 2 heterocycles. The summed E-state index contributed by atoms with van der Waals surface area (Å²) in [6.07, 6.45) is 3.85. The summed E-state index contributed by atoms with van der Waals surface area (Å²) in [5.41, 5.74) is 18.4. The number of nitrogens with zero attached hydrogens (tertiary/aromatic N) is 2. The molecule has 13 heteroatoms. The lowest BCUT2D eigenvalue weighted by Crippen LogP contribution is -2.57. The van der Waals surface area contributed by atoms with Gasteiger partial charge in [0.25, 0.3) is 0 Å². The Morgan fingerprint density at radius 3 is 2.56 bits per heavy atom. The van der Waals surface area contributed by atoms with Crippen molar-refractivity contribution in [3.8, 4) is 0 Å². The van der Waals surface area contributed by atoms with E-state index in [1.807, 2.05) is 38.1 Å². The van der Waals surface area contributed by atoms with Crippen molar-refractivity contribution in [3.05, 3.63) is 36.0 Å². The third-order valence-electron chi connectivity index (χ3n) is 7.17. The number of hydrogen-bond acceptors (Lipinski definition) is 6. The van der Waals surface area contributed by atoms with Gasteiger partial charge in [-0.05, 0) is 49.7 Å². The van der Waals surface area contributed by atoms with Crippen molar-refractivity contribution < 1.29 is 24.3 Å². The van der Waals surface area contributed by atoms with Crippen LogP contribution < -0.4 is 27.8 Å². The molecule has 0 saturated carbocycles. The summed E-state index contributed by atoms with van der Waals surface area (Å²) in [6, 6.07) is 3.75. The number of fused-ring (bicyclic) bond motifs is 1. The Hall–Kier alpha value is -4.13. The van der Waals surface area contributed by atoms with Gasteiger partial charge < -0.3 is 42.8 Å². The van der Waals surface area contributed by atoms with Crippen LogP contribution in [0.4, 0.5) is 0 Å². The lowest BCUT2D eigenvalue weighted by molar-refractivity contribution is -0.143. The highest BCUT2D eigenvalue weighted by atomic mass is 16.4. The third-order valence-corrected chi connectivity index (χ3v) is 7.17. The van der Waals surface area contributed by atoms with Crippen LogP contribution in [0.3, 0.4) is 0 Å². The number of guanidine groups is 1. The quantitative estimate of drug-likeness (QED) is 0.0940. The maximum absolute atomic E-state index is 13.5. The first-order chi connectivity index (χ1) is 19.5. The number of carboxylic acids is 1. The third kappa shape index (κ3) is 8.68. The Morgan fingerprint density at radius 2 is 1.88 bits per heavy atom. The van der Waals surface area contributed by atoms with Crippen LogP contribution in [0.1, 0.15) is 51.5 Å². The number of aromatic amines is 1. The number of hydrogen-bond donors (Lipinski definition) is 7. The van der Waals surface area contributed by atoms with Gasteiger partial charge in [-0.2, -0.15) is 0 Å². The number of carboxylic acid groups (broad SMARTS) is 1. The lowest BCUT2D eigenvalue weighted by Gasteiger charge is -2.29. The minimum atomic E-state index is -1.22. The SMILES string of the molecule is CC(C)CC(N)C(=O)N1CCCC1C(=O)NC(Cc1c[nH]c2ccccc12)C(=O)NC(CCCN=C(N)N)C(=O)O. The monoisotopic (exact) mass is 570 g/mol. The first kappa shape index (κ1) is 31.4. The molecular weight excluding hydrogens is 528 g/mol. The Labute approximate surface area is 239 Å². The van der Waals surface area contributed by atoms with Gasteiger partial charge in [0, 0.05) is 36.6 Å². The number of rotatable bonds is 14. The maximum atomic E-state index is 13.5. The molecule has 4 atom stereocenters. The zero-order valence-electron chi connectivity index (χ0n) is 23.6. The number of carbonyl (C=O) groups is 4. The number of H-pyrrole nitrogens is 1. The molecule has 1 fully saturated rings. The Bertz CT molecular complexity index is 1260. The lowest BCUT2D eigenvalue weighted by atomic mass is 10.0. The Kier molecular flexibility index (Phi) is 11.1. The van der Waals surface area contributed by atoms with Crippen molar-refractivity contribution in [2.75, 3.05) is 13.1 Å². The van der Waals surface area contributed by atoms with Crippen molar-refractivity contribution in [2.45, 2.75) is 76.5 Å². The fourth-order valence-electron chi connectivity index (χ4n) is 5.16. The minimum Gasteiger partial charge on any atom is -0.480 e. The number of nitrogens with one attached hydrogen (secondary N) is 3. The second-order valence-corrected chi connectivity index (χ2v) is 10.9. The summed E-state index contributed by atoms with van der Waals surface area (Å²) < 4.78 is 0. The second kappa shape index (κ2) is 14.5. The van der Waals surface area contributed by atoms with Crippen LogP contribution in [0.25, 0.3) is 10.9 Å². The molecule has 4 unspecified atom stereocenters. The van der Waals surface area contributed by atoms with E-state index >= 15 is 0 Å². The highest BCUT2D eigenvalue weighted by Crippen LogP contribution is 2.22. The van der Waals surface area contributed by atoms with E-state index in [9.17, 15) is 24.3 Å². The number of para-hydroxylation sites is 1. The normalized spacial score (nSPS) is 17.2.